The molecule has 21 heavy (non-hydrogen) atoms. The van der Waals surface area contributed by atoms with Crippen LogP contribution in [-0.4, -0.2) is 49.2 Å². The maximum absolute atomic E-state index is 4.65. The molecule has 1 unspecified atom stereocenters. The van der Waals surface area contributed by atoms with Gasteiger partial charge >= 0.3 is 0 Å². The predicted molar refractivity (Wildman–Crippen MR) is 92.4 cm³/mol. The van der Waals surface area contributed by atoms with Gasteiger partial charge in [-0.3, -0.25) is 0 Å². The molecule has 0 aliphatic carbocycles. The monoisotopic (exact) mass is 310 g/mol. The topological polar surface area (TPSA) is 31.4 Å². The number of hydrogen-bond donors (Lipinski definition) is 1. The Hall–Kier alpha value is -0.650. The molecular formula is C16H30N4S. The van der Waals surface area contributed by atoms with E-state index < -0.39 is 0 Å². The molecule has 1 fully saturated rings. The Balaban J connectivity index is 1.91. The number of likely N-dealkylation sites (tertiary alicyclic amines) is 1. The molecule has 1 aliphatic heterocycles. The summed E-state index contributed by atoms with van der Waals surface area (Å²) in [6.07, 6.45) is 5.72. The minimum Gasteiger partial charge on any atom is -0.348 e. The lowest BCUT2D eigenvalue weighted by Gasteiger charge is -2.36. The zero-order valence-corrected chi connectivity index (χ0v) is 14.7. The van der Waals surface area contributed by atoms with Crippen LogP contribution < -0.4 is 10.2 Å². The lowest BCUT2D eigenvalue weighted by atomic mass is 10.0. The standard InChI is InChI=1S/C16H30N4S/c1-5-9-17-13(3)15-12-18-16(21-15)19(4)14-7-10-20(6-2)11-8-14/h12-14,17H,5-11H2,1-4H3. The van der Waals surface area contributed by atoms with Crippen LogP contribution in [0.1, 0.15) is 51.0 Å². The minimum absolute atomic E-state index is 0.409. The number of piperidine rings is 1. The van der Waals surface area contributed by atoms with Crippen molar-refractivity contribution in [3.8, 4) is 0 Å². The normalized spacial score (nSPS) is 18.9. The van der Waals surface area contributed by atoms with E-state index in [0.717, 1.165) is 6.54 Å². The number of nitrogens with zero attached hydrogens (tertiary/aromatic N) is 3. The lowest BCUT2D eigenvalue weighted by Crippen LogP contribution is -2.43. The Morgan fingerprint density at radius 3 is 2.76 bits per heavy atom. The van der Waals surface area contributed by atoms with Gasteiger partial charge in [-0.25, -0.2) is 4.98 Å². The van der Waals surface area contributed by atoms with E-state index in [1.54, 1.807) is 0 Å². The summed E-state index contributed by atoms with van der Waals surface area (Å²) in [6.45, 7) is 11.4. The Bertz CT molecular complexity index is 412. The summed E-state index contributed by atoms with van der Waals surface area (Å²) in [6, 6.07) is 1.05. The fraction of sp³-hybridized carbons (Fsp3) is 0.812. The number of hydrogen-bond acceptors (Lipinski definition) is 5. The van der Waals surface area contributed by atoms with Gasteiger partial charge in [0.15, 0.2) is 5.13 Å². The molecule has 1 aliphatic rings. The number of thiazole rings is 1. The second kappa shape index (κ2) is 8.11. The molecule has 2 heterocycles. The first kappa shape index (κ1) is 16.7. The molecule has 0 aromatic carbocycles. The Morgan fingerprint density at radius 1 is 1.43 bits per heavy atom. The van der Waals surface area contributed by atoms with Gasteiger partial charge < -0.3 is 15.1 Å². The largest absolute Gasteiger partial charge is 0.348 e. The van der Waals surface area contributed by atoms with Crippen LogP contribution in [-0.2, 0) is 0 Å². The molecule has 0 radical (unpaired) electrons. The first-order valence-electron chi connectivity index (χ1n) is 8.30. The van der Waals surface area contributed by atoms with E-state index in [1.807, 2.05) is 17.5 Å². The third kappa shape index (κ3) is 4.41. The minimum atomic E-state index is 0.409. The second-order valence-electron chi connectivity index (χ2n) is 6.00. The van der Waals surface area contributed by atoms with Crippen LogP contribution in [0.5, 0.6) is 0 Å². The average Bonchev–Trinajstić information content (AvgIpc) is 3.02. The molecule has 120 valence electrons. The van der Waals surface area contributed by atoms with Gasteiger partial charge in [-0.2, -0.15) is 0 Å². The van der Waals surface area contributed by atoms with Crippen LogP contribution in [0.25, 0.3) is 0 Å². The quantitative estimate of drug-likeness (QED) is 0.838. The maximum Gasteiger partial charge on any atom is 0.185 e. The van der Waals surface area contributed by atoms with Gasteiger partial charge in [0.05, 0.1) is 0 Å². The molecule has 1 N–H and O–H groups in total. The SMILES string of the molecule is CCCNC(C)c1cnc(N(C)C2CCN(CC)CC2)s1. The van der Waals surface area contributed by atoms with Gasteiger partial charge in [-0.1, -0.05) is 13.8 Å². The van der Waals surface area contributed by atoms with Crippen LogP contribution in [0.15, 0.2) is 6.20 Å². The average molecular weight is 311 g/mol. The smallest absolute Gasteiger partial charge is 0.185 e. The lowest BCUT2D eigenvalue weighted by molar-refractivity contribution is 0.221. The summed E-state index contributed by atoms with van der Waals surface area (Å²) >= 11 is 1.84. The zero-order chi connectivity index (χ0) is 15.2. The van der Waals surface area contributed by atoms with Crippen LogP contribution in [0.4, 0.5) is 5.13 Å². The number of rotatable bonds is 7. The summed E-state index contributed by atoms with van der Waals surface area (Å²) in [5, 5.41) is 4.71. The van der Waals surface area contributed by atoms with E-state index in [2.05, 4.69) is 47.9 Å². The molecule has 1 aromatic heterocycles. The Labute approximate surface area is 133 Å². The maximum atomic E-state index is 4.65. The highest BCUT2D eigenvalue weighted by atomic mass is 32.1. The summed E-state index contributed by atoms with van der Waals surface area (Å²) in [7, 11) is 2.21. The Kier molecular flexibility index (Phi) is 6.45. The molecule has 1 saturated heterocycles. The van der Waals surface area contributed by atoms with E-state index in [0.29, 0.717) is 12.1 Å². The molecule has 0 saturated carbocycles. The first-order valence-corrected chi connectivity index (χ1v) is 9.11. The van der Waals surface area contributed by atoms with Crippen molar-refractivity contribution in [2.75, 3.05) is 38.1 Å². The molecule has 4 nitrogen and oxygen atoms in total. The highest BCUT2D eigenvalue weighted by Gasteiger charge is 2.23. The molecule has 0 bridgehead atoms. The number of aromatic nitrogens is 1. The zero-order valence-electron chi connectivity index (χ0n) is 13.9. The van der Waals surface area contributed by atoms with E-state index in [1.165, 1.54) is 48.9 Å². The van der Waals surface area contributed by atoms with Crippen molar-refractivity contribution in [2.24, 2.45) is 0 Å². The summed E-state index contributed by atoms with van der Waals surface area (Å²) < 4.78 is 0. The van der Waals surface area contributed by atoms with E-state index in [-0.39, 0.29) is 0 Å². The van der Waals surface area contributed by atoms with E-state index in [4.69, 9.17) is 0 Å². The summed E-state index contributed by atoms with van der Waals surface area (Å²) in [5.74, 6) is 0. The fourth-order valence-corrected chi connectivity index (χ4v) is 3.86. The molecule has 1 atom stereocenters. The highest BCUT2D eigenvalue weighted by Crippen LogP contribution is 2.29. The third-order valence-electron chi connectivity index (χ3n) is 4.49. The number of anilines is 1. The van der Waals surface area contributed by atoms with Crippen molar-refractivity contribution in [1.82, 2.24) is 15.2 Å². The van der Waals surface area contributed by atoms with Crippen molar-refractivity contribution in [1.29, 1.82) is 0 Å². The molecule has 0 amide bonds. The van der Waals surface area contributed by atoms with Crippen LogP contribution in [0.3, 0.4) is 0 Å². The summed E-state index contributed by atoms with van der Waals surface area (Å²) in [4.78, 5) is 10.9. The van der Waals surface area contributed by atoms with Crippen molar-refractivity contribution in [3.63, 3.8) is 0 Å². The van der Waals surface area contributed by atoms with E-state index >= 15 is 0 Å². The molecule has 2 rings (SSSR count). The molecule has 0 spiro atoms. The predicted octanol–water partition coefficient (Wildman–Crippen LogP) is 3.12. The van der Waals surface area contributed by atoms with Crippen molar-refractivity contribution in [3.05, 3.63) is 11.1 Å². The van der Waals surface area contributed by atoms with Gasteiger partial charge in [0.2, 0.25) is 0 Å². The van der Waals surface area contributed by atoms with Crippen molar-refractivity contribution < 1.29 is 0 Å². The van der Waals surface area contributed by atoms with Crippen LogP contribution >= 0.6 is 11.3 Å². The first-order chi connectivity index (χ1) is 10.2. The van der Waals surface area contributed by atoms with Gasteiger partial charge in [0.25, 0.3) is 0 Å². The van der Waals surface area contributed by atoms with Crippen LogP contribution in [0, 0.1) is 0 Å². The fourth-order valence-electron chi connectivity index (χ4n) is 2.88. The van der Waals surface area contributed by atoms with Gasteiger partial charge in [-0.15, -0.1) is 11.3 Å². The molecule has 5 heteroatoms. The molecule has 1 aromatic rings. The second-order valence-corrected chi connectivity index (χ2v) is 7.04. The summed E-state index contributed by atoms with van der Waals surface area (Å²) in [5.41, 5.74) is 0. The highest BCUT2D eigenvalue weighted by molar-refractivity contribution is 7.15. The third-order valence-corrected chi connectivity index (χ3v) is 5.76. The van der Waals surface area contributed by atoms with Crippen molar-refractivity contribution in [2.45, 2.75) is 52.1 Å². The number of nitrogens with one attached hydrogen (secondary N) is 1. The van der Waals surface area contributed by atoms with Crippen molar-refractivity contribution >= 4 is 16.5 Å². The molecular weight excluding hydrogens is 280 g/mol. The van der Waals surface area contributed by atoms with Crippen LogP contribution in [0.2, 0.25) is 0 Å². The van der Waals surface area contributed by atoms with Gasteiger partial charge in [-0.05, 0) is 39.3 Å². The van der Waals surface area contributed by atoms with Gasteiger partial charge in [0.1, 0.15) is 0 Å². The van der Waals surface area contributed by atoms with E-state index in [9.17, 15) is 0 Å². The Morgan fingerprint density at radius 2 is 2.14 bits per heavy atom. The van der Waals surface area contributed by atoms with Gasteiger partial charge in [0, 0.05) is 43.3 Å².